The van der Waals surface area contributed by atoms with Crippen molar-refractivity contribution in [3.8, 4) is 6.07 Å². The topological polar surface area (TPSA) is 36.9 Å². The highest BCUT2D eigenvalue weighted by Gasteiger charge is 1.99. The molecule has 2 heteroatoms. The fourth-order valence-corrected chi connectivity index (χ4v) is 0.887. The molecule has 0 spiro atoms. The third-order valence-corrected chi connectivity index (χ3v) is 1.46. The van der Waals surface area contributed by atoms with Crippen LogP contribution in [0, 0.1) is 11.3 Å². The van der Waals surface area contributed by atoms with Gasteiger partial charge in [-0.2, -0.15) is 5.26 Å². The van der Waals surface area contributed by atoms with Gasteiger partial charge in [0.15, 0.2) is 0 Å². The van der Waals surface area contributed by atoms with E-state index >= 15 is 0 Å². The summed E-state index contributed by atoms with van der Waals surface area (Å²) in [5.74, 6) is 0.786. The molecule has 0 aromatic carbocycles. The van der Waals surface area contributed by atoms with E-state index in [0.717, 1.165) is 17.8 Å². The van der Waals surface area contributed by atoms with Crippen LogP contribution in [0.5, 0.6) is 0 Å². The average molecular weight is 177 g/mol. The van der Waals surface area contributed by atoms with Gasteiger partial charge in [0.25, 0.3) is 0 Å². The monoisotopic (exact) mass is 177 g/mol. The van der Waals surface area contributed by atoms with Crippen molar-refractivity contribution in [2.75, 3.05) is 0 Å². The highest BCUT2D eigenvalue weighted by atomic mass is 16.3. The lowest BCUT2D eigenvalue weighted by Crippen LogP contribution is -1.76. The van der Waals surface area contributed by atoms with Crippen LogP contribution in [0.2, 0.25) is 0 Å². The van der Waals surface area contributed by atoms with Crippen LogP contribution in [0.15, 0.2) is 28.9 Å². The van der Waals surface area contributed by atoms with Gasteiger partial charge in [0.1, 0.15) is 5.76 Å². The van der Waals surface area contributed by atoms with Crippen LogP contribution in [-0.4, -0.2) is 0 Å². The molecule has 0 aliphatic heterocycles. The number of allylic oxidation sites excluding steroid dienone is 2. The molecule has 2 nitrogen and oxygen atoms in total. The smallest absolute Gasteiger partial charge is 0.130 e. The van der Waals surface area contributed by atoms with Crippen molar-refractivity contribution in [1.29, 1.82) is 5.26 Å². The number of nitrogens with zero attached hydrogens (tertiary/aromatic N) is 1. The van der Waals surface area contributed by atoms with E-state index in [1.54, 1.807) is 6.26 Å². The van der Waals surface area contributed by atoms with Crippen molar-refractivity contribution in [2.24, 2.45) is 0 Å². The van der Waals surface area contributed by atoms with Crippen LogP contribution in [0.4, 0.5) is 0 Å². The minimum atomic E-state index is 0.786. The number of furan rings is 1. The van der Waals surface area contributed by atoms with E-state index in [9.17, 15) is 0 Å². The van der Waals surface area contributed by atoms with Crippen LogP contribution in [0.25, 0.3) is 5.57 Å². The van der Waals surface area contributed by atoms with Gasteiger partial charge in [-0.15, -0.1) is 0 Å². The summed E-state index contributed by atoms with van der Waals surface area (Å²) in [7, 11) is 0. The van der Waals surface area contributed by atoms with Crippen molar-refractivity contribution in [2.45, 2.75) is 27.2 Å². The highest BCUT2D eigenvalue weighted by Crippen LogP contribution is 2.17. The van der Waals surface area contributed by atoms with E-state index in [4.69, 9.17) is 9.68 Å². The normalized spacial score (nSPS) is 9.85. The van der Waals surface area contributed by atoms with Crippen LogP contribution in [0.3, 0.4) is 0 Å². The first kappa shape index (κ1) is 11.5. The Morgan fingerprint density at radius 2 is 2.31 bits per heavy atom. The first-order chi connectivity index (χ1) is 6.38. The second kappa shape index (κ2) is 7.17. The molecule has 0 atom stereocenters. The molecule has 1 aromatic rings. The minimum Gasteiger partial charge on any atom is -0.465 e. The Balaban J connectivity index is 0.000000671. The molecule has 0 unspecified atom stereocenters. The molecule has 0 aliphatic carbocycles. The van der Waals surface area contributed by atoms with Gasteiger partial charge in [0, 0.05) is 11.6 Å². The summed E-state index contributed by atoms with van der Waals surface area (Å²) in [4.78, 5) is 0. The molecule has 0 amide bonds. The van der Waals surface area contributed by atoms with E-state index in [-0.39, 0.29) is 0 Å². The number of hydrogen-bond acceptors (Lipinski definition) is 2. The number of rotatable bonds is 2. The molecule has 1 rings (SSSR count). The van der Waals surface area contributed by atoms with E-state index in [1.165, 1.54) is 6.08 Å². The van der Waals surface area contributed by atoms with Gasteiger partial charge in [-0.25, -0.2) is 0 Å². The molecule has 0 aliphatic rings. The molecular formula is C11H15NO. The van der Waals surface area contributed by atoms with Crippen LogP contribution in [-0.2, 0) is 0 Å². The van der Waals surface area contributed by atoms with Gasteiger partial charge in [0.2, 0.25) is 0 Å². The standard InChI is InChI=1S/C9H9NO.C2H6/c1-2-8(5-6-10)9-4-3-7-11-9;1-2/h3-5,7H,2H2,1H3;1-2H3/b8-5+;. The lowest BCUT2D eigenvalue weighted by Gasteiger charge is -1.94. The second-order valence-corrected chi connectivity index (χ2v) is 2.13. The van der Waals surface area contributed by atoms with Crippen molar-refractivity contribution < 1.29 is 4.42 Å². The quantitative estimate of drug-likeness (QED) is 0.647. The summed E-state index contributed by atoms with van der Waals surface area (Å²) in [6.07, 6.45) is 3.94. The fraction of sp³-hybridized carbons (Fsp3) is 0.364. The van der Waals surface area contributed by atoms with Crippen LogP contribution < -0.4 is 0 Å². The van der Waals surface area contributed by atoms with E-state index in [2.05, 4.69) is 0 Å². The maximum absolute atomic E-state index is 8.40. The summed E-state index contributed by atoms with van der Waals surface area (Å²) in [6.45, 7) is 5.99. The van der Waals surface area contributed by atoms with Gasteiger partial charge in [-0.1, -0.05) is 20.8 Å². The van der Waals surface area contributed by atoms with E-state index in [1.807, 2.05) is 39.0 Å². The largest absolute Gasteiger partial charge is 0.465 e. The van der Waals surface area contributed by atoms with Crippen molar-refractivity contribution >= 4 is 5.57 Å². The summed E-state index contributed by atoms with van der Waals surface area (Å²) in [5, 5.41) is 8.40. The Kier molecular flexibility index (Phi) is 6.35. The van der Waals surface area contributed by atoms with E-state index in [0.29, 0.717) is 0 Å². The number of hydrogen-bond donors (Lipinski definition) is 0. The molecule has 1 heterocycles. The first-order valence-corrected chi connectivity index (χ1v) is 4.51. The zero-order chi connectivity index (χ0) is 10.1. The Morgan fingerprint density at radius 1 is 1.62 bits per heavy atom. The van der Waals surface area contributed by atoms with Crippen molar-refractivity contribution in [3.63, 3.8) is 0 Å². The summed E-state index contributed by atoms with van der Waals surface area (Å²) in [6, 6.07) is 5.65. The van der Waals surface area contributed by atoms with Gasteiger partial charge in [0.05, 0.1) is 12.3 Å². The van der Waals surface area contributed by atoms with Crippen molar-refractivity contribution in [1.82, 2.24) is 0 Å². The molecule has 0 N–H and O–H groups in total. The molecule has 1 aromatic heterocycles. The highest BCUT2D eigenvalue weighted by molar-refractivity contribution is 5.63. The van der Waals surface area contributed by atoms with Gasteiger partial charge < -0.3 is 4.42 Å². The zero-order valence-electron chi connectivity index (χ0n) is 8.37. The summed E-state index contributed by atoms with van der Waals surface area (Å²) >= 11 is 0. The predicted molar refractivity (Wildman–Crippen MR) is 53.9 cm³/mol. The molecular weight excluding hydrogens is 162 g/mol. The molecule has 0 radical (unpaired) electrons. The number of nitriles is 1. The van der Waals surface area contributed by atoms with Crippen molar-refractivity contribution in [3.05, 3.63) is 30.2 Å². The van der Waals surface area contributed by atoms with Gasteiger partial charge in [-0.3, -0.25) is 0 Å². The molecule has 0 bridgehead atoms. The first-order valence-electron chi connectivity index (χ1n) is 4.51. The summed E-state index contributed by atoms with van der Waals surface area (Å²) in [5.41, 5.74) is 0.942. The van der Waals surface area contributed by atoms with E-state index < -0.39 is 0 Å². The predicted octanol–water partition coefficient (Wildman–Crippen LogP) is 3.62. The Bertz CT molecular complexity index is 278. The SMILES string of the molecule is CC.CC/C(=C\C#N)c1ccco1. The fourth-order valence-electron chi connectivity index (χ4n) is 0.887. The Labute approximate surface area is 79.5 Å². The van der Waals surface area contributed by atoms with Gasteiger partial charge in [-0.05, 0) is 18.6 Å². The maximum Gasteiger partial charge on any atom is 0.130 e. The maximum atomic E-state index is 8.40. The molecule has 13 heavy (non-hydrogen) atoms. The second-order valence-electron chi connectivity index (χ2n) is 2.13. The third kappa shape index (κ3) is 3.62. The Hall–Kier alpha value is -1.49. The summed E-state index contributed by atoms with van der Waals surface area (Å²) < 4.78 is 5.12. The zero-order valence-corrected chi connectivity index (χ0v) is 8.37. The minimum absolute atomic E-state index is 0.786. The van der Waals surface area contributed by atoms with Crippen LogP contribution in [0.1, 0.15) is 33.0 Å². The lowest BCUT2D eigenvalue weighted by atomic mass is 10.1. The molecule has 0 saturated carbocycles. The lowest BCUT2D eigenvalue weighted by molar-refractivity contribution is 0.551. The third-order valence-electron chi connectivity index (χ3n) is 1.46. The average Bonchev–Trinajstić information content (AvgIpc) is 2.70. The van der Waals surface area contributed by atoms with Gasteiger partial charge >= 0.3 is 0 Å². The molecule has 0 saturated heterocycles. The molecule has 0 fully saturated rings. The Morgan fingerprint density at radius 3 is 2.69 bits per heavy atom. The molecule has 70 valence electrons. The van der Waals surface area contributed by atoms with Crippen LogP contribution >= 0.6 is 0 Å².